The van der Waals surface area contributed by atoms with Gasteiger partial charge in [-0.25, -0.2) is 4.79 Å². The second-order valence-electron chi connectivity index (χ2n) is 5.28. The second kappa shape index (κ2) is 5.53. The Hall–Kier alpha value is -0.770. The minimum absolute atomic E-state index is 0.0950. The Balaban J connectivity index is 2.26. The molecule has 0 saturated carbocycles. The van der Waals surface area contributed by atoms with E-state index in [1.165, 1.54) is 0 Å². The van der Waals surface area contributed by atoms with Crippen LogP contribution in [0.25, 0.3) is 0 Å². The average molecular weight is 229 g/mol. The zero-order valence-corrected chi connectivity index (χ0v) is 10.7. The predicted molar refractivity (Wildman–Crippen MR) is 62.4 cm³/mol. The number of hydrogen-bond donors (Lipinski definition) is 1. The third-order valence-corrected chi connectivity index (χ3v) is 2.55. The first-order valence-corrected chi connectivity index (χ1v) is 6.02. The van der Waals surface area contributed by atoms with Crippen LogP contribution in [0.4, 0.5) is 4.79 Å². The lowest BCUT2D eigenvalue weighted by Gasteiger charge is -2.29. The van der Waals surface area contributed by atoms with E-state index in [0.717, 1.165) is 19.3 Å². The molecular weight excluding hydrogens is 206 g/mol. The molecule has 0 aromatic rings. The van der Waals surface area contributed by atoms with Crippen molar-refractivity contribution in [2.45, 2.75) is 64.7 Å². The molecule has 0 spiro atoms. The molecule has 0 aliphatic carbocycles. The van der Waals surface area contributed by atoms with E-state index < -0.39 is 5.60 Å². The van der Waals surface area contributed by atoms with Crippen LogP contribution in [0.1, 0.15) is 47.0 Å². The SMILES string of the molecule is CC[C@@H]1CC[C@@H](NC(=O)OC(C)(C)C)CO1. The maximum absolute atomic E-state index is 11.5. The van der Waals surface area contributed by atoms with E-state index in [9.17, 15) is 4.79 Å². The lowest BCUT2D eigenvalue weighted by molar-refractivity contribution is -0.00928. The standard InChI is InChI=1S/C12H23NO3/c1-5-10-7-6-9(8-15-10)13-11(14)16-12(2,3)4/h9-10H,5-8H2,1-4H3,(H,13,14)/t9-,10-/m1/s1. The van der Waals surface area contributed by atoms with Crippen molar-refractivity contribution in [2.24, 2.45) is 0 Å². The minimum Gasteiger partial charge on any atom is -0.444 e. The van der Waals surface area contributed by atoms with Gasteiger partial charge in [0.05, 0.1) is 18.8 Å². The fourth-order valence-corrected chi connectivity index (χ4v) is 1.72. The molecule has 1 amide bonds. The topological polar surface area (TPSA) is 47.6 Å². The molecule has 0 aromatic heterocycles. The van der Waals surface area contributed by atoms with Crippen molar-refractivity contribution in [3.8, 4) is 0 Å². The first kappa shape index (κ1) is 13.3. The number of carbonyl (C=O) groups is 1. The quantitative estimate of drug-likeness (QED) is 0.791. The Labute approximate surface area is 97.7 Å². The van der Waals surface area contributed by atoms with Gasteiger partial charge in [-0.15, -0.1) is 0 Å². The van der Waals surface area contributed by atoms with Gasteiger partial charge >= 0.3 is 6.09 Å². The van der Waals surface area contributed by atoms with Crippen LogP contribution < -0.4 is 5.32 Å². The molecule has 1 fully saturated rings. The fraction of sp³-hybridized carbons (Fsp3) is 0.917. The van der Waals surface area contributed by atoms with Crippen molar-refractivity contribution in [3.63, 3.8) is 0 Å². The number of carbonyl (C=O) groups excluding carboxylic acids is 1. The molecule has 1 heterocycles. The number of ether oxygens (including phenoxy) is 2. The summed E-state index contributed by atoms with van der Waals surface area (Å²) in [7, 11) is 0. The van der Waals surface area contributed by atoms with Crippen molar-refractivity contribution >= 4 is 6.09 Å². The monoisotopic (exact) mass is 229 g/mol. The highest BCUT2D eigenvalue weighted by Gasteiger charge is 2.24. The molecule has 16 heavy (non-hydrogen) atoms. The summed E-state index contributed by atoms with van der Waals surface area (Å²) in [5, 5.41) is 2.83. The van der Waals surface area contributed by atoms with Crippen molar-refractivity contribution in [1.29, 1.82) is 0 Å². The molecule has 0 aromatic carbocycles. The van der Waals surface area contributed by atoms with E-state index in [2.05, 4.69) is 12.2 Å². The van der Waals surface area contributed by atoms with Crippen molar-refractivity contribution in [1.82, 2.24) is 5.32 Å². The zero-order chi connectivity index (χ0) is 12.2. The molecule has 1 rings (SSSR count). The number of hydrogen-bond acceptors (Lipinski definition) is 3. The van der Waals surface area contributed by atoms with Crippen LogP contribution >= 0.6 is 0 Å². The normalized spacial score (nSPS) is 26.2. The van der Waals surface area contributed by atoms with E-state index in [1.807, 2.05) is 20.8 Å². The Kier molecular flexibility index (Phi) is 4.59. The third-order valence-electron chi connectivity index (χ3n) is 2.55. The molecule has 1 N–H and O–H groups in total. The van der Waals surface area contributed by atoms with Crippen LogP contribution in [0.2, 0.25) is 0 Å². The summed E-state index contributed by atoms with van der Waals surface area (Å²) in [6, 6.07) is 0.0950. The van der Waals surface area contributed by atoms with Crippen LogP contribution in [-0.4, -0.2) is 30.4 Å². The average Bonchev–Trinajstić information content (AvgIpc) is 2.16. The van der Waals surface area contributed by atoms with Crippen LogP contribution in [0, 0.1) is 0 Å². The number of amides is 1. The zero-order valence-electron chi connectivity index (χ0n) is 10.7. The Morgan fingerprint density at radius 1 is 1.44 bits per heavy atom. The van der Waals surface area contributed by atoms with Crippen molar-refractivity contribution in [2.75, 3.05) is 6.61 Å². The summed E-state index contributed by atoms with van der Waals surface area (Å²) >= 11 is 0. The second-order valence-corrected chi connectivity index (χ2v) is 5.28. The molecule has 1 aliphatic heterocycles. The van der Waals surface area contributed by atoms with Gasteiger partial charge in [-0.1, -0.05) is 6.92 Å². The minimum atomic E-state index is -0.439. The highest BCUT2D eigenvalue weighted by Crippen LogP contribution is 2.16. The van der Waals surface area contributed by atoms with Gasteiger partial charge in [0.15, 0.2) is 0 Å². The molecule has 0 radical (unpaired) electrons. The Morgan fingerprint density at radius 2 is 2.12 bits per heavy atom. The number of nitrogens with one attached hydrogen (secondary N) is 1. The number of rotatable bonds is 2. The van der Waals surface area contributed by atoms with Crippen LogP contribution in [0.5, 0.6) is 0 Å². The fourth-order valence-electron chi connectivity index (χ4n) is 1.72. The summed E-state index contributed by atoms with van der Waals surface area (Å²) in [5.74, 6) is 0. The lowest BCUT2D eigenvalue weighted by Crippen LogP contribution is -2.44. The molecule has 1 aliphatic rings. The summed E-state index contributed by atoms with van der Waals surface area (Å²) in [4.78, 5) is 11.5. The van der Waals surface area contributed by atoms with Gasteiger partial charge in [0.25, 0.3) is 0 Å². The van der Waals surface area contributed by atoms with E-state index >= 15 is 0 Å². The van der Waals surface area contributed by atoms with Gasteiger partial charge in [-0.3, -0.25) is 0 Å². The first-order valence-electron chi connectivity index (χ1n) is 6.02. The summed E-state index contributed by atoms with van der Waals surface area (Å²) in [6.45, 7) is 8.29. The molecule has 4 nitrogen and oxygen atoms in total. The highest BCUT2D eigenvalue weighted by molar-refractivity contribution is 5.68. The van der Waals surface area contributed by atoms with Crippen LogP contribution in [-0.2, 0) is 9.47 Å². The van der Waals surface area contributed by atoms with Gasteiger partial charge in [0.2, 0.25) is 0 Å². The van der Waals surface area contributed by atoms with Gasteiger partial charge in [-0.05, 0) is 40.0 Å². The maximum Gasteiger partial charge on any atom is 0.407 e. The summed E-state index contributed by atoms with van der Waals surface area (Å²) < 4.78 is 10.8. The smallest absolute Gasteiger partial charge is 0.407 e. The maximum atomic E-state index is 11.5. The van der Waals surface area contributed by atoms with Crippen molar-refractivity contribution in [3.05, 3.63) is 0 Å². The van der Waals surface area contributed by atoms with Gasteiger partial charge in [0.1, 0.15) is 5.60 Å². The predicted octanol–water partition coefficient (Wildman–Crippen LogP) is 2.47. The lowest BCUT2D eigenvalue weighted by atomic mass is 10.0. The molecule has 2 atom stereocenters. The van der Waals surface area contributed by atoms with E-state index in [0.29, 0.717) is 12.7 Å². The Bertz CT molecular complexity index is 227. The first-order chi connectivity index (χ1) is 7.40. The van der Waals surface area contributed by atoms with E-state index in [4.69, 9.17) is 9.47 Å². The molecule has 1 saturated heterocycles. The van der Waals surface area contributed by atoms with Crippen LogP contribution in [0.15, 0.2) is 0 Å². The molecular formula is C12H23NO3. The van der Waals surface area contributed by atoms with E-state index in [1.54, 1.807) is 0 Å². The molecule has 0 bridgehead atoms. The molecule has 0 unspecified atom stereocenters. The summed E-state index contributed by atoms with van der Waals surface area (Å²) in [6.07, 6.45) is 3.03. The summed E-state index contributed by atoms with van der Waals surface area (Å²) in [5.41, 5.74) is -0.439. The molecule has 4 heteroatoms. The van der Waals surface area contributed by atoms with Gasteiger partial charge in [0, 0.05) is 0 Å². The van der Waals surface area contributed by atoms with Gasteiger partial charge < -0.3 is 14.8 Å². The van der Waals surface area contributed by atoms with E-state index in [-0.39, 0.29) is 12.1 Å². The van der Waals surface area contributed by atoms with Crippen LogP contribution in [0.3, 0.4) is 0 Å². The largest absolute Gasteiger partial charge is 0.444 e. The molecule has 94 valence electrons. The number of alkyl carbamates (subject to hydrolysis) is 1. The van der Waals surface area contributed by atoms with Crippen molar-refractivity contribution < 1.29 is 14.3 Å². The van der Waals surface area contributed by atoms with Gasteiger partial charge in [-0.2, -0.15) is 0 Å². The highest BCUT2D eigenvalue weighted by atomic mass is 16.6. The Morgan fingerprint density at radius 3 is 2.56 bits per heavy atom. The third kappa shape index (κ3) is 4.84.